The summed E-state index contributed by atoms with van der Waals surface area (Å²) in [7, 11) is 0. The van der Waals surface area contributed by atoms with Crippen LogP contribution in [0.5, 0.6) is 0 Å². The van der Waals surface area contributed by atoms with Gasteiger partial charge in [-0.3, -0.25) is 0 Å². The topological polar surface area (TPSA) is 3.24 Å². The minimum Gasteiger partial charge on any atom is -0.310 e. The maximum absolute atomic E-state index is 2.57. The molecule has 1 spiro atoms. The summed E-state index contributed by atoms with van der Waals surface area (Å²) in [5.74, 6) is 0. The predicted molar refractivity (Wildman–Crippen MR) is 278 cm³/mol. The van der Waals surface area contributed by atoms with E-state index in [1.54, 1.807) is 0 Å². The third-order valence-electron chi connectivity index (χ3n) is 14.7. The van der Waals surface area contributed by atoms with Gasteiger partial charge in [0.2, 0.25) is 0 Å². The SMILES string of the molecule is c1ccc(-c2ccc(N(c3ccc4c5ccccc5c5ccccc5c4c3)c3cc4c(cc3-c3cccc5ccccc35)-c3ccccc3C43c4ccccc4-c4ccccc43)cc2)cc1. The van der Waals surface area contributed by atoms with Crippen LogP contribution < -0.4 is 4.90 Å². The van der Waals surface area contributed by atoms with E-state index < -0.39 is 5.41 Å². The summed E-state index contributed by atoms with van der Waals surface area (Å²) in [6.45, 7) is 0. The van der Waals surface area contributed by atoms with Crippen LogP contribution in [-0.4, -0.2) is 0 Å². The zero-order valence-corrected chi connectivity index (χ0v) is 36.1. The normalized spacial score (nSPS) is 13.0. The predicted octanol–water partition coefficient (Wildman–Crippen LogP) is 17.4. The Kier molecular flexibility index (Phi) is 7.97. The van der Waals surface area contributed by atoms with Crippen LogP contribution in [0.4, 0.5) is 17.1 Å². The van der Waals surface area contributed by atoms with Gasteiger partial charge in [0.1, 0.15) is 0 Å². The molecule has 1 nitrogen and oxygen atoms in total. The molecule has 14 rings (SSSR count). The third kappa shape index (κ3) is 5.17. The Morgan fingerprint density at radius 1 is 0.242 bits per heavy atom. The van der Waals surface area contributed by atoms with E-state index >= 15 is 0 Å². The first-order valence-electron chi connectivity index (χ1n) is 23.0. The van der Waals surface area contributed by atoms with Gasteiger partial charge < -0.3 is 4.90 Å². The zero-order chi connectivity index (χ0) is 43.3. The molecule has 12 aromatic carbocycles. The van der Waals surface area contributed by atoms with Crippen molar-refractivity contribution in [2.24, 2.45) is 0 Å². The Morgan fingerprint density at radius 2 is 0.697 bits per heavy atom. The molecule has 0 aromatic heterocycles. The average Bonchev–Trinajstić information content (AvgIpc) is 3.86. The molecule has 306 valence electrons. The number of nitrogens with zero attached hydrogens (tertiary/aromatic N) is 1. The summed E-state index contributed by atoms with van der Waals surface area (Å²) in [6.07, 6.45) is 0. The number of hydrogen-bond donors (Lipinski definition) is 0. The molecule has 66 heavy (non-hydrogen) atoms. The third-order valence-corrected chi connectivity index (χ3v) is 14.7. The lowest BCUT2D eigenvalue weighted by Gasteiger charge is -2.33. The van der Waals surface area contributed by atoms with Crippen molar-refractivity contribution < 1.29 is 0 Å². The fourth-order valence-electron chi connectivity index (χ4n) is 11.9. The first-order valence-corrected chi connectivity index (χ1v) is 23.0. The largest absolute Gasteiger partial charge is 0.310 e. The molecule has 0 saturated heterocycles. The van der Waals surface area contributed by atoms with Gasteiger partial charge in [0.15, 0.2) is 0 Å². The lowest BCUT2D eigenvalue weighted by atomic mass is 9.70. The van der Waals surface area contributed by atoms with E-state index in [9.17, 15) is 0 Å². The molecule has 0 aliphatic heterocycles. The van der Waals surface area contributed by atoms with E-state index in [-0.39, 0.29) is 0 Å². The number of rotatable bonds is 5. The molecule has 2 aliphatic carbocycles. The number of fused-ring (bicyclic) bond motifs is 17. The van der Waals surface area contributed by atoms with Crippen molar-refractivity contribution in [3.63, 3.8) is 0 Å². The van der Waals surface area contributed by atoms with Gasteiger partial charge in [0.25, 0.3) is 0 Å². The Bertz CT molecular complexity index is 3850. The van der Waals surface area contributed by atoms with E-state index in [0.717, 1.165) is 17.1 Å². The molecule has 0 saturated carbocycles. The van der Waals surface area contributed by atoms with Crippen molar-refractivity contribution in [3.8, 4) is 44.5 Å². The average molecular weight is 836 g/mol. The molecule has 0 fully saturated rings. The second-order valence-corrected chi connectivity index (χ2v) is 17.9. The van der Waals surface area contributed by atoms with E-state index in [1.807, 2.05) is 0 Å². The van der Waals surface area contributed by atoms with Crippen LogP contribution >= 0.6 is 0 Å². The maximum Gasteiger partial charge on any atom is 0.0726 e. The van der Waals surface area contributed by atoms with Crippen molar-refractivity contribution in [1.29, 1.82) is 0 Å². The highest BCUT2D eigenvalue weighted by Gasteiger charge is 2.52. The van der Waals surface area contributed by atoms with Gasteiger partial charge in [-0.2, -0.15) is 0 Å². The maximum atomic E-state index is 2.57. The smallest absolute Gasteiger partial charge is 0.0726 e. The summed E-state index contributed by atoms with van der Waals surface area (Å²) >= 11 is 0. The number of benzene rings is 12. The van der Waals surface area contributed by atoms with Gasteiger partial charge in [-0.1, -0.05) is 212 Å². The van der Waals surface area contributed by atoms with Crippen LogP contribution in [0.2, 0.25) is 0 Å². The molecule has 12 aromatic rings. The molecule has 0 N–H and O–H groups in total. The zero-order valence-electron chi connectivity index (χ0n) is 36.1. The summed E-state index contributed by atoms with van der Waals surface area (Å²) in [6, 6.07) is 92.9. The van der Waals surface area contributed by atoms with Crippen LogP contribution in [0.3, 0.4) is 0 Å². The highest BCUT2D eigenvalue weighted by atomic mass is 15.1. The Labute approximate surface area is 384 Å². The first-order chi connectivity index (χ1) is 32.8. The Hall–Kier alpha value is -8.52. The number of hydrogen-bond acceptors (Lipinski definition) is 1. The van der Waals surface area contributed by atoms with Gasteiger partial charge >= 0.3 is 0 Å². The number of anilines is 3. The van der Waals surface area contributed by atoms with Crippen molar-refractivity contribution in [2.75, 3.05) is 4.90 Å². The molecule has 1 heteroatoms. The van der Waals surface area contributed by atoms with Crippen molar-refractivity contribution in [2.45, 2.75) is 5.41 Å². The quantitative estimate of drug-likeness (QED) is 0.156. The van der Waals surface area contributed by atoms with E-state index in [4.69, 9.17) is 0 Å². The molecule has 0 atom stereocenters. The van der Waals surface area contributed by atoms with Crippen LogP contribution in [0.25, 0.3) is 87.6 Å². The highest BCUT2D eigenvalue weighted by molar-refractivity contribution is 6.26. The van der Waals surface area contributed by atoms with Crippen LogP contribution in [0.15, 0.2) is 249 Å². The van der Waals surface area contributed by atoms with E-state index in [0.29, 0.717) is 0 Å². The van der Waals surface area contributed by atoms with Crippen molar-refractivity contribution in [3.05, 3.63) is 271 Å². The molecule has 2 aliphatic rings. The second-order valence-electron chi connectivity index (χ2n) is 17.9. The lowest BCUT2D eigenvalue weighted by molar-refractivity contribution is 0.794. The second kappa shape index (κ2) is 14.2. The first kappa shape index (κ1) is 36.9. The summed E-state index contributed by atoms with van der Waals surface area (Å²) < 4.78 is 0. The Balaban J connectivity index is 1.12. The molecule has 0 amide bonds. The summed E-state index contributed by atoms with van der Waals surface area (Å²) in [5.41, 5.74) is 18.1. The minimum atomic E-state index is -0.507. The highest BCUT2D eigenvalue weighted by Crippen LogP contribution is 2.64. The van der Waals surface area contributed by atoms with E-state index in [1.165, 1.54) is 110 Å². The van der Waals surface area contributed by atoms with Gasteiger partial charge in [-0.15, -0.1) is 0 Å². The molecular weight excluding hydrogens is 795 g/mol. The monoisotopic (exact) mass is 835 g/mol. The molecule has 0 bridgehead atoms. The van der Waals surface area contributed by atoms with E-state index in [2.05, 4.69) is 254 Å². The van der Waals surface area contributed by atoms with Crippen LogP contribution in [0, 0.1) is 0 Å². The van der Waals surface area contributed by atoms with Gasteiger partial charge in [0.05, 0.1) is 11.1 Å². The molecule has 0 radical (unpaired) electrons. The Morgan fingerprint density at radius 3 is 1.33 bits per heavy atom. The minimum absolute atomic E-state index is 0.507. The van der Waals surface area contributed by atoms with Crippen molar-refractivity contribution >= 4 is 60.2 Å². The van der Waals surface area contributed by atoms with Crippen molar-refractivity contribution in [1.82, 2.24) is 0 Å². The standard InChI is InChI=1S/C65H41N/c1-2-17-42(18-3-1)43-33-35-45(36-34-43)66(46-37-38-53-51-24-7-6-22-49(51)50-23-8-9-25-52(50)57(53)39-46)64-41-63-58(40-59(64)48-29-16-20-44-19-4-5-21-47(44)48)56-28-12-15-32-62(56)65(63)60-30-13-10-26-54(60)55-27-11-14-31-61(55)65/h1-41H. The fourth-order valence-corrected chi connectivity index (χ4v) is 11.9. The molecule has 0 heterocycles. The lowest BCUT2D eigenvalue weighted by Crippen LogP contribution is -2.26. The van der Waals surface area contributed by atoms with Gasteiger partial charge in [0, 0.05) is 16.9 Å². The van der Waals surface area contributed by atoms with Gasteiger partial charge in [-0.05, 0) is 141 Å². The molecule has 0 unspecified atom stereocenters. The summed E-state index contributed by atoms with van der Waals surface area (Å²) in [4.78, 5) is 2.54. The fraction of sp³-hybridized carbons (Fsp3) is 0.0154. The molecular formula is C65H41N. The van der Waals surface area contributed by atoms with Gasteiger partial charge in [-0.25, -0.2) is 0 Å². The van der Waals surface area contributed by atoms with Crippen LogP contribution in [-0.2, 0) is 5.41 Å². The van der Waals surface area contributed by atoms with Crippen LogP contribution in [0.1, 0.15) is 22.3 Å². The summed E-state index contributed by atoms with van der Waals surface area (Å²) in [5, 5.41) is 10.0.